The summed E-state index contributed by atoms with van der Waals surface area (Å²) in [6, 6.07) is 0.160. The fourth-order valence-corrected chi connectivity index (χ4v) is 2.87. The van der Waals surface area contributed by atoms with E-state index in [-0.39, 0.29) is 11.6 Å². The Balaban J connectivity index is 2.03. The number of ether oxygens (including phenoxy) is 1. The molecule has 1 aliphatic rings. The van der Waals surface area contributed by atoms with Crippen LogP contribution < -0.4 is 11.3 Å². The van der Waals surface area contributed by atoms with Crippen LogP contribution in [0.5, 0.6) is 0 Å². The highest BCUT2D eigenvalue weighted by Crippen LogP contribution is 2.29. The molecule has 16 heavy (non-hydrogen) atoms. The molecule has 0 bridgehead atoms. The van der Waals surface area contributed by atoms with Gasteiger partial charge in [-0.05, 0) is 26.2 Å². The molecule has 90 valence electrons. The molecule has 2 atom stereocenters. The third-order valence-corrected chi connectivity index (χ3v) is 4.13. The molecule has 5 heteroatoms. The average Bonchev–Trinajstić information content (AvgIpc) is 2.79. The van der Waals surface area contributed by atoms with Crippen LogP contribution in [0.3, 0.4) is 0 Å². The van der Waals surface area contributed by atoms with Gasteiger partial charge in [0.05, 0.1) is 17.2 Å². The van der Waals surface area contributed by atoms with Gasteiger partial charge < -0.3 is 4.74 Å². The monoisotopic (exact) mass is 241 g/mol. The largest absolute Gasteiger partial charge is 0.374 e. The predicted molar refractivity (Wildman–Crippen MR) is 65.1 cm³/mol. The number of hydrogen-bond acceptors (Lipinski definition) is 5. The zero-order chi connectivity index (χ0) is 11.4. The van der Waals surface area contributed by atoms with Gasteiger partial charge in [-0.2, -0.15) is 0 Å². The highest BCUT2D eigenvalue weighted by Gasteiger charge is 2.36. The lowest BCUT2D eigenvalue weighted by Gasteiger charge is -2.40. The van der Waals surface area contributed by atoms with Crippen molar-refractivity contribution in [1.29, 1.82) is 0 Å². The van der Waals surface area contributed by atoms with Crippen molar-refractivity contribution in [3.05, 3.63) is 16.6 Å². The SMILES string of the molecule is CC1(C(Cc2cncs2)NN)CCCCO1. The second kappa shape index (κ2) is 5.23. The standard InChI is InChI=1S/C11H19N3OS/c1-11(4-2-3-5-15-11)10(14-12)6-9-7-13-8-16-9/h7-8,10,14H,2-6,12H2,1H3. The Labute approximate surface area is 100 Å². The van der Waals surface area contributed by atoms with Crippen LogP contribution >= 0.6 is 11.3 Å². The molecule has 0 aromatic carbocycles. The summed E-state index contributed by atoms with van der Waals surface area (Å²) in [7, 11) is 0. The molecule has 1 saturated heterocycles. The van der Waals surface area contributed by atoms with Crippen molar-refractivity contribution in [2.45, 2.75) is 44.2 Å². The van der Waals surface area contributed by atoms with E-state index in [1.165, 1.54) is 11.3 Å². The summed E-state index contributed by atoms with van der Waals surface area (Å²) in [5, 5.41) is 0. The molecule has 1 aromatic heterocycles. The van der Waals surface area contributed by atoms with E-state index in [4.69, 9.17) is 10.6 Å². The zero-order valence-electron chi connectivity index (χ0n) is 9.61. The van der Waals surface area contributed by atoms with Gasteiger partial charge in [-0.15, -0.1) is 11.3 Å². The fourth-order valence-electron chi connectivity index (χ4n) is 2.23. The topological polar surface area (TPSA) is 60.2 Å². The molecule has 3 N–H and O–H groups in total. The number of hydrazine groups is 1. The van der Waals surface area contributed by atoms with E-state index in [9.17, 15) is 0 Å². The lowest BCUT2D eigenvalue weighted by atomic mass is 9.86. The van der Waals surface area contributed by atoms with Crippen molar-refractivity contribution in [1.82, 2.24) is 10.4 Å². The van der Waals surface area contributed by atoms with Gasteiger partial charge in [0.2, 0.25) is 0 Å². The molecule has 2 heterocycles. The third kappa shape index (κ3) is 2.60. The van der Waals surface area contributed by atoms with Gasteiger partial charge >= 0.3 is 0 Å². The molecule has 0 aliphatic carbocycles. The van der Waals surface area contributed by atoms with Crippen molar-refractivity contribution < 1.29 is 4.74 Å². The highest BCUT2D eigenvalue weighted by atomic mass is 32.1. The minimum Gasteiger partial charge on any atom is -0.374 e. The van der Waals surface area contributed by atoms with Gasteiger partial charge in [-0.1, -0.05) is 0 Å². The van der Waals surface area contributed by atoms with Crippen LogP contribution in [0, 0.1) is 0 Å². The number of nitrogens with one attached hydrogen (secondary N) is 1. The smallest absolute Gasteiger partial charge is 0.0823 e. The van der Waals surface area contributed by atoms with Gasteiger partial charge in [0.15, 0.2) is 0 Å². The molecule has 1 fully saturated rings. The highest BCUT2D eigenvalue weighted by molar-refractivity contribution is 7.09. The van der Waals surface area contributed by atoms with Crippen LogP contribution in [0.15, 0.2) is 11.7 Å². The first-order chi connectivity index (χ1) is 7.74. The van der Waals surface area contributed by atoms with E-state index in [0.717, 1.165) is 25.9 Å². The van der Waals surface area contributed by atoms with Gasteiger partial charge in [0, 0.05) is 24.1 Å². The van der Waals surface area contributed by atoms with E-state index in [1.807, 2.05) is 11.7 Å². The third-order valence-electron chi connectivity index (χ3n) is 3.33. The summed E-state index contributed by atoms with van der Waals surface area (Å²) >= 11 is 1.67. The van der Waals surface area contributed by atoms with Gasteiger partial charge in [0.25, 0.3) is 0 Å². The van der Waals surface area contributed by atoms with Crippen molar-refractivity contribution in [3.8, 4) is 0 Å². The lowest BCUT2D eigenvalue weighted by Crippen LogP contribution is -2.55. The molecule has 0 spiro atoms. The molecule has 2 unspecified atom stereocenters. The minimum absolute atomic E-state index is 0.142. The number of aromatic nitrogens is 1. The number of nitrogens with two attached hydrogens (primary N) is 1. The molecule has 0 amide bonds. The first-order valence-electron chi connectivity index (χ1n) is 5.72. The Morgan fingerprint density at radius 2 is 2.56 bits per heavy atom. The maximum absolute atomic E-state index is 5.91. The Kier molecular flexibility index (Phi) is 3.91. The minimum atomic E-state index is -0.142. The van der Waals surface area contributed by atoms with Crippen LogP contribution in [0.25, 0.3) is 0 Å². The summed E-state index contributed by atoms with van der Waals surface area (Å²) in [5.41, 5.74) is 4.62. The van der Waals surface area contributed by atoms with Crippen LogP contribution in [0.1, 0.15) is 31.1 Å². The summed E-state index contributed by atoms with van der Waals surface area (Å²) in [6.45, 7) is 3.00. The van der Waals surface area contributed by atoms with E-state index in [2.05, 4.69) is 17.3 Å². The van der Waals surface area contributed by atoms with Crippen molar-refractivity contribution >= 4 is 11.3 Å². The summed E-state index contributed by atoms with van der Waals surface area (Å²) in [6.07, 6.45) is 6.24. The van der Waals surface area contributed by atoms with Crippen LogP contribution in [0.4, 0.5) is 0 Å². The van der Waals surface area contributed by atoms with Gasteiger partial charge in [-0.25, -0.2) is 0 Å². The van der Waals surface area contributed by atoms with E-state index in [1.54, 1.807) is 11.3 Å². The summed E-state index contributed by atoms with van der Waals surface area (Å²) in [5.74, 6) is 5.66. The first kappa shape index (κ1) is 12.0. The average molecular weight is 241 g/mol. The van der Waals surface area contributed by atoms with E-state index < -0.39 is 0 Å². The Morgan fingerprint density at radius 1 is 1.69 bits per heavy atom. The second-order valence-electron chi connectivity index (χ2n) is 4.51. The zero-order valence-corrected chi connectivity index (χ0v) is 10.4. The van der Waals surface area contributed by atoms with E-state index in [0.29, 0.717) is 0 Å². The molecule has 2 rings (SSSR count). The number of nitrogens with zero attached hydrogens (tertiary/aromatic N) is 1. The van der Waals surface area contributed by atoms with Crippen molar-refractivity contribution in [2.75, 3.05) is 6.61 Å². The lowest BCUT2D eigenvalue weighted by molar-refractivity contribution is -0.0883. The van der Waals surface area contributed by atoms with Crippen LogP contribution in [0.2, 0.25) is 0 Å². The van der Waals surface area contributed by atoms with Crippen molar-refractivity contribution in [2.24, 2.45) is 5.84 Å². The van der Waals surface area contributed by atoms with Crippen molar-refractivity contribution in [3.63, 3.8) is 0 Å². The number of hydrogen-bond donors (Lipinski definition) is 2. The normalized spacial score (nSPS) is 27.9. The maximum atomic E-state index is 5.91. The van der Waals surface area contributed by atoms with Gasteiger partial charge in [0.1, 0.15) is 0 Å². The molecular formula is C11H19N3OS. The number of thiazole rings is 1. The van der Waals surface area contributed by atoms with E-state index >= 15 is 0 Å². The Bertz CT molecular complexity index is 309. The predicted octanol–water partition coefficient (Wildman–Crippen LogP) is 1.48. The Morgan fingerprint density at radius 3 is 3.12 bits per heavy atom. The number of rotatable bonds is 4. The van der Waals surface area contributed by atoms with Crippen LogP contribution in [-0.4, -0.2) is 23.2 Å². The summed E-state index contributed by atoms with van der Waals surface area (Å²) < 4.78 is 5.91. The fraction of sp³-hybridized carbons (Fsp3) is 0.727. The maximum Gasteiger partial charge on any atom is 0.0823 e. The molecule has 0 radical (unpaired) electrons. The quantitative estimate of drug-likeness (QED) is 0.619. The molecule has 4 nitrogen and oxygen atoms in total. The second-order valence-corrected chi connectivity index (χ2v) is 5.48. The molecular weight excluding hydrogens is 222 g/mol. The van der Waals surface area contributed by atoms with Crippen LogP contribution in [-0.2, 0) is 11.2 Å². The molecule has 1 aliphatic heterocycles. The molecule has 1 aromatic rings. The Hall–Kier alpha value is -0.490. The summed E-state index contributed by atoms with van der Waals surface area (Å²) in [4.78, 5) is 5.33. The van der Waals surface area contributed by atoms with Gasteiger partial charge in [-0.3, -0.25) is 16.3 Å². The molecule has 0 saturated carbocycles. The first-order valence-corrected chi connectivity index (χ1v) is 6.60.